The van der Waals surface area contributed by atoms with Crippen LogP contribution in [0, 0.1) is 11.6 Å². The number of rotatable bonds is 8. The van der Waals surface area contributed by atoms with E-state index in [1.54, 1.807) is 0 Å². The van der Waals surface area contributed by atoms with Gasteiger partial charge in [0.15, 0.2) is 6.61 Å². The lowest BCUT2D eigenvalue weighted by Crippen LogP contribution is -2.21. The SMILES string of the molecule is COc1ccc(NS(=O)(=O)c2ccc(OCC(=O)Nc3c(F)cccc3F)cc2)cc1Cl. The van der Waals surface area contributed by atoms with Crippen LogP contribution >= 0.6 is 11.6 Å². The van der Waals surface area contributed by atoms with Crippen molar-refractivity contribution in [1.29, 1.82) is 0 Å². The van der Waals surface area contributed by atoms with Crippen LogP contribution in [0.25, 0.3) is 0 Å². The largest absolute Gasteiger partial charge is 0.495 e. The summed E-state index contributed by atoms with van der Waals surface area (Å²) in [4.78, 5) is 11.8. The van der Waals surface area contributed by atoms with E-state index < -0.39 is 39.9 Å². The van der Waals surface area contributed by atoms with E-state index in [0.29, 0.717) is 5.75 Å². The number of para-hydroxylation sites is 1. The molecular formula is C21H17ClF2N2O5S. The molecule has 7 nitrogen and oxygen atoms in total. The van der Waals surface area contributed by atoms with Gasteiger partial charge in [0.25, 0.3) is 15.9 Å². The van der Waals surface area contributed by atoms with Crippen LogP contribution in [0.15, 0.2) is 65.6 Å². The molecule has 0 aromatic heterocycles. The Balaban J connectivity index is 1.61. The maximum absolute atomic E-state index is 13.6. The van der Waals surface area contributed by atoms with Crippen LogP contribution < -0.4 is 19.5 Å². The summed E-state index contributed by atoms with van der Waals surface area (Å²) < 4.78 is 64.9. The Kier molecular flexibility index (Phi) is 7.16. The Morgan fingerprint density at radius 1 is 1.03 bits per heavy atom. The minimum absolute atomic E-state index is 0.0605. The van der Waals surface area contributed by atoms with Crippen molar-refractivity contribution in [2.24, 2.45) is 0 Å². The number of ether oxygens (including phenoxy) is 2. The first-order valence-corrected chi connectivity index (χ1v) is 10.9. The van der Waals surface area contributed by atoms with Gasteiger partial charge in [-0.15, -0.1) is 0 Å². The zero-order chi connectivity index (χ0) is 23.3. The number of benzene rings is 3. The number of sulfonamides is 1. The van der Waals surface area contributed by atoms with Crippen molar-refractivity contribution in [3.63, 3.8) is 0 Å². The lowest BCUT2D eigenvalue weighted by molar-refractivity contribution is -0.118. The average Bonchev–Trinajstić information content (AvgIpc) is 2.75. The van der Waals surface area contributed by atoms with Gasteiger partial charge in [-0.25, -0.2) is 17.2 Å². The highest BCUT2D eigenvalue weighted by Gasteiger charge is 2.16. The summed E-state index contributed by atoms with van der Waals surface area (Å²) in [5.74, 6) is -2.04. The molecule has 168 valence electrons. The van der Waals surface area contributed by atoms with Gasteiger partial charge in [0.2, 0.25) is 0 Å². The third-order valence-corrected chi connectivity index (χ3v) is 5.83. The molecule has 0 aliphatic heterocycles. The minimum Gasteiger partial charge on any atom is -0.495 e. The highest BCUT2D eigenvalue weighted by molar-refractivity contribution is 7.92. The summed E-state index contributed by atoms with van der Waals surface area (Å²) in [6.45, 7) is -0.539. The second-order valence-electron chi connectivity index (χ2n) is 6.36. The molecule has 0 fully saturated rings. The summed E-state index contributed by atoms with van der Waals surface area (Å²) in [6, 6.07) is 12.8. The Labute approximate surface area is 188 Å². The Hall–Kier alpha value is -3.37. The fraction of sp³-hybridized carbons (Fsp3) is 0.0952. The third-order valence-electron chi connectivity index (χ3n) is 4.14. The van der Waals surface area contributed by atoms with Crippen LogP contribution in [0.5, 0.6) is 11.5 Å². The fourth-order valence-corrected chi connectivity index (χ4v) is 3.91. The molecule has 0 spiro atoms. The van der Waals surface area contributed by atoms with E-state index in [1.807, 2.05) is 0 Å². The highest BCUT2D eigenvalue weighted by Crippen LogP contribution is 2.28. The molecule has 1 amide bonds. The molecule has 0 unspecified atom stereocenters. The molecule has 0 heterocycles. The van der Waals surface area contributed by atoms with Crippen LogP contribution in [0.1, 0.15) is 0 Å². The monoisotopic (exact) mass is 482 g/mol. The Morgan fingerprint density at radius 2 is 1.69 bits per heavy atom. The number of methoxy groups -OCH3 is 1. The first kappa shape index (κ1) is 23.3. The standard InChI is InChI=1S/C21H17ClF2N2O5S/c1-30-19-10-5-13(11-16(19)22)26-32(28,29)15-8-6-14(7-9-15)31-12-20(27)25-21-17(23)3-2-4-18(21)24/h2-11,26H,12H2,1H3,(H,25,27). The number of carbonyl (C=O) groups is 1. The van der Waals surface area contributed by atoms with Crippen molar-refractivity contribution in [3.8, 4) is 11.5 Å². The Bertz CT molecular complexity index is 1220. The molecule has 3 rings (SSSR count). The molecule has 32 heavy (non-hydrogen) atoms. The predicted molar refractivity (Wildman–Crippen MR) is 116 cm³/mol. The van der Waals surface area contributed by atoms with Crippen molar-refractivity contribution < 1.29 is 31.5 Å². The smallest absolute Gasteiger partial charge is 0.262 e. The fourth-order valence-electron chi connectivity index (χ4n) is 2.60. The second-order valence-corrected chi connectivity index (χ2v) is 8.45. The average molecular weight is 483 g/mol. The first-order chi connectivity index (χ1) is 15.2. The zero-order valence-corrected chi connectivity index (χ0v) is 18.1. The van der Waals surface area contributed by atoms with Crippen LogP contribution in [0.3, 0.4) is 0 Å². The molecule has 3 aromatic carbocycles. The van der Waals surface area contributed by atoms with E-state index in [1.165, 1.54) is 55.6 Å². The van der Waals surface area contributed by atoms with Gasteiger partial charge in [0.1, 0.15) is 28.8 Å². The Morgan fingerprint density at radius 3 is 2.28 bits per heavy atom. The number of hydrogen-bond acceptors (Lipinski definition) is 5. The summed E-state index contributed by atoms with van der Waals surface area (Å²) in [5.41, 5.74) is -0.333. The van der Waals surface area contributed by atoms with Gasteiger partial charge >= 0.3 is 0 Å². The first-order valence-electron chi connectivity index (χ1n) is 9.02. The summed E-state index contributed by atoms with van der Waals surface area (Å²) in [7, 11) is -2.47. The van der Waals surface area contributed by atoms with Crippen molar-refractivity contribution in [1.82, 2.24) is 0 Å². The van der Waals surface area contributed by atoms with E-state index in [9.17, 15) is 22.0 Å². The highest BCUT2D eigenvalue weighted by atomic mass is 35.5. The van der Waals surface area contributed by atoms with Crippen LogP contribution in [0.2, 0.25) is 5.02 Å². The predicted octanol–water partition coefficient (Wildman–Crippen LogP) is 4.45. The van der Waals surface area contributed by atoms with Gasteiger partial charge in [0.05, 0.1) is 22.7 Å². The maximum atomic E-state index is 13.6. The number of anilines is 2. The number of nitrogens with one attached hydrogen (secondary N) is 2. The van der Waals surface area contributed by atoms with E-state index in [0.717, 1.165) is 12.1 Å². The van der Waals surface area contributed by atoms with Gasteiger partial charge < -0.3 is 14.8 Å². The van der Waals surface area contributed by atoms with Gasteiger partial charge in [-0.05, 0) is 54.6 Å². The summed E-state index contributed by atoms with van der Waals surface area (Å²) >= 11 is 6.00. The molecule has 0 aliphatic rings. The molecule has 0 saturated heterocycles. The lowest BCUT2D eigenvalue weighted by Gasteiger charge is -2.11. The molecule has 11 heteroatoms. The molecular weight excluding hydrogens is 466 g/mol. The van der Waals surface area contributed by atoms with Crippen LogP contribution in [-0.2, 0) is 14.8 Å². The second kappa shape index (κ2) is 9.84. The molecule has 0 atom stereocenters. The molecule has 0 radical (unpaired) electrons. The van der Waals surface area contributed by atoms with E-state index >= 15 is 0 Å². The van der Waals surface area contributed by atoms with E-state index in [4.69, 9.17) is 21.1 Å². The van der Waals surface area contributed by atoms with Gasteiger partial charge in [-0.3, -0.25) is 9.52 Å². The number of carbonyl (C=O) groups excluding carboxylic acids is 1. The van der Waals surface area contributed by atoms with E-state index in [-0.39, 0.29) is 21.4 Å². The van der Waals surface area contributed by atoms with Crippen molar-refractivity contribution in [2.75, 3.05) is 23.8 Å². The quantitative estimate of drug-likeness (QED) is 0.495. The van der Waals surface area contributed by atoms with Crippen molar-refractivity contribution >= 4 is 38.9 Å². The normalized spacial score (nSPS) is 11.0. The molecule has 2 N–H and O–H groups in total. The summed E-state index contributed by atoms with van der Waals surface area (Å²) in [6.07, 6.45) is 0. The molecule has 0 saturated carbocycles. The molecule has 3 aromatic rings. The molecule has 0 bridgehead atoms. The van der Waals surface area contributed by atoms with E-state index in [2.05, 4.69) is 10.0 Å². The van der Waals surface area contributed by atoms with Crippen LogP contribution in [0.4, 0.5) is 20.2 Å². The van der Waals surface area contributed by atoms with Crippen molar-refractivity contribution in [3.05, 3.63) is 77.3 Å². The number of hydrogen-bond donors (Lipinski definition) is 2. The number of halogens is 3. The maximum Gasteiger partial charge on any atom is 0.262 e. The lowest BCUT2D eigenvalue weighted by atomic mass is 10.3. The van der Waals surface area contributed by atoms with Gasteiger partial charge in [0, 0.05) is 0 Å². The van der Waals surface area contributed by atoms with Gasteiger partial charge in [-0.1, -0.05) is 17.7 Å². The topological polar surface area (TPSA) is 93.7 Å². The summed E-state index contributed by atoms with van der Waals surface area (Å²) in [5, 5.41) is 2.33. The number of amides is 1. The van der Waals surface area contributed by atoms with Crippen molar-refractivity contribution in [2.45, 2.75) is 4.90 Å². The third kappa shape index (κ3) is 5.65. The minimum atomic E-state index is -3.92. The van der Waals surface area contributed by atoms with Gasteiger partial charge in [-0.2, -0.15) is 0 Å². The molecule has 0 aliphatic carbocycles. The van der Waals surface area contributed by atoms with Crippen LogP contribution in [-0.4, -0.2) is 28.0 Å². The zero-order valence-electron chi connectivity index (χ0n) is 16.6.